The van der Waals surface area contributed by atoms with E-state index in [0.29, 0.717) is 10.5 Å². The summed E-state index contributed by atoms with van der Waals surface area (Å²) in [6.07, 6.45) is 0. The maximum Gasteiger partial charge on any atom is 0.333 e. The minimum absolute atomic E-state index is 0.400. The van der Waals surface area contributed by atoms with E-state index in [4.69, 9.17) is 5.73 Å². The Hall–Kier alpha value is -2.37. The van der Waals surface area contributed by atoms with Gasteiger partial charge in [-0.1, -0.05) is 30.3 Å². The smallest absolute Gasteiger partial charge is 0.333 e. The van der Waals surface area contributed by atoms with Crippen molar-refractivity contribution in [3.8, 4) is 0 Å². The Labute approximate surface area is 91.0 Å². The van der Waals surface area contributed by atoms with Gasteiger partial charge in [-0.25, -0.2) is 9.59 Å². The first kappa shape index (κ1) is 10.2. The molecule has 1 aliphatic rings. The molecule has 82 valence electrons. The van der Waals surface area contributed by atoms with Gasteiger partial charge in [-0.15, -0.1) is 0 Å². The molecule has 3 N–H and O–H groups in total. The van der Waals surface area contributed by atoms with Crippen LogP contribution in [0.25, 0.3) is 0 Å². The fourth-order valence-electron chi connectivity index (χ4n) is 1.56. The molecule has 0 bridgehead atoms. The topological polar surface area (TPSA) is 92.5 Å². The third-order valence-electron chi connectivity index (χ3n) is 2.29. The molecule has 1 fully saturated rings. The number of benzene rings is 1. The maximum absolute atomic E-state index is 11.7. The van der Waals surface area contributed by atoms with Crippen LogP contribution in [0, 0.1) is 0 Å². The minimum Gasteiger partial charge on any atom is -0.351 e. The molecule has 5 amide bonds. The highest BCUT2D eigenvalue weighted by Crippen LogP contribution is 2.21. The Morgan fingerprint density at radius 1 is 1.25 bits per heavy atom. The largest absolute Gasteiger partial charge is 0.351 e. The molecule has 1 atom stereocenters. The first-order valence-corrected chi connectivity index (χ1v) is 4.60. The van der Waals surface area contributed by atoms with Crippen molar-refractivity contribution in [1.29, 1.82) is 0 Å². The summed E-state index contributed by atoms with van der Waals surface area (Å²) in [6.45, 7) is 0. The van der Waals surface area contributed by atoms with Gasteiger partial charge in [0, 0.05) is 0 Å². The van der Waals surface area contributed by atoms with Gasteiger partial charge in [0.05, 0.1) is 0 Å². The average Bonchev–Trinajstić information content (AvgIpc) is 2.55. The van der Waals surface area contributed by atoms with Crippen LogP contribution in [0.15, 0.2) is 30.3 Å². The molecular formula is C10H9N3O3. The quantitative estimate of drug-likeness (QED) is 0.668. The van der Waals surface area contributed by atoms with Crippen molar-refractivity contribution in [3.05, 3.63) is 35.9 Å². The van der Waals surface area contributed by atoms with Gasteiger partial charge >= 0.3 is 12.1 Å². The molecule has 1 aromatic rings. The van der Waals surface area contributed by atoms with Gasteiger partial charge in [0.2, 0.25) is 0 Å². The summed E-state index contributed by atoms with van der Waals surface area (Å²) in [6, 6.07) is 5.95. The first-order chi connectivity index (χ1) is 7.61. The molecule has 0 saturated carbocycles. The summed E-state index contributed by atoms with van der Waals surface area (Å²) in [5.74, 6) is -0.649. The monoisotopic (exact) mass is 219 g/mol. The lowest BCUT2D eigenvalue weighted by molar-refractivity contribution is -0.125. The Bertz CT molecular complexity index is 458. The standard InChI is InChI=1S/C10H9N3O3/c11-9(15)13-8(14)7(12-10(13)16)6-4-2-1-3-5-6/h1-5,7H,(H2,11,15)(H,12,16)/t7-/m0/s1. The number of hydrogen-bond acceptors (Lipinski definition) is 3. The van der Waals surface area contributed by atoms with E-state index in [-0.39, 0.29) is 0 Å². The summed E-state index contributed by atoms with van der Waals surface area (Å²) in [5, 5.41) is 2.39. The van der Waals surface area contributed by atoms with Crippen LogP contribution in [0.1, 0.15) is 11.6 Å². The molecule has 0 radical (unpaired) electrons. The molecule has 0 aromatic heterocycles. The van der Waals surface area contributed by atoms with Crippen LogP contribution < -0.4 is 11.1 Å². The molecule has 1 aliphatic heterocycles. The third kappa shape index (κ3) is 1.50. The van der Waals surface area contributed by atoms with E-state index in [1.807, 2.05) is 0 Å². The van der Waals surface area contributed by atoms with E-state index in [2.05, 4.69) is 5.32 Å². The van der Waals surface area contributed by atoms with Crippen molar-refractivity contribution in [1.82, 2.24) is 10.2 Å². The van der Waals surface area contributed by atoms with Gasteiger partial charge < -0.3 is 11.1 Å². The van der Waals surface area contributed by atoms with Gasteiger partial charge in [-0.3, -0.25) is 4.79 Å². The summed E-state index contributed by atoms with van der Waals surface area (Å²) in [7, 11) is 0. The normalized spacial score (nSPS) is 19.8. The average molecular weight is 219 g/mol. The lowest BCUT2D eigenvalue weighted by Gasteiger charge is -2.08. The SMILES string of the molecule is NC(=O)N1C(=O)N[C@@H](c2ccccc2)C1=O. The summed E-state index contributed by atoms with van der Waals surface area (Å²) < 4.78 is 0. The van der Waals surface area contributed by atoms with E-state index >= 15 is 0 Å². The number of imide groups is 3. The highest BCUT2D eigenvalue weighted by Gasteiger charge is 2.41. The Kier molecular flexibility index (Phi) is 2.32. The summed E-state index contributed by atoms with van der Waals surface area (Å²) in [5.41, 5.74) is 5.54. The van der Waals surface area contributed by atoms with Crippen molar-refractivity contribution < 1.29 is 14.4 Å². The van der Waals surface area contributed by atoms with Crippen LogP contribution in [-0.4, -0.2) is 22.9 Å². The maximum atomic E-state index is 11.7. The Morgan fingerprint density at radius 3 is 2.38 bits per heavy atom. The van der Waals surface area contributed by atoms with E-state index in [0.717, 1.165) is 0 Å². The molecule has 2 rings (SSSR count). The number of carbonyl (C=O) groups is 3. The van der Waals surface area contributed by atoms with Crippen LogP contribution in [0.3, 0.4) is 0 Å². The van der Waals surface area contributed by atoms with Crippen molar-refractivity contribution in [2.24, 2.45) is 5.73 Å². The molecule has 16 heavy (non-hydrogen) atoms. The first-order valence-electron chi connectivity index (χ1n) is 4.60. The minimum atomic E-state index is -1.07. The third-order valence-corrected chi connectivity index (χ3v) is 2.29. The number of nitrogens with two attached hydrogens (primary N) is 1. The zero-order valence-corrected chi connectivity index (χ0v) is 8.21. The predicted octanol–water partition coefficient (Wildman–Crippen LogP) is 0.358. The van der Waals surface area contributed by atoms with Crippen LogP contribution in [0.4, 0.5) is 9.59 Å². The van der Waals surface area contributed by atoms with E-state index in [1.165, 1.54) is 0 Å². The highest BCUT2D eigenvalue weighted by molar-refractivity contribution is 6.15. The molecule has 6 heteroatoms. The van der Waals surface area contributed by atoms with Crippen LogP contribution in [0.5, 0.6) is 0 Å². The van der Waals surface area contributed by atoms with Crippen LogP contribution >= 0.6 is 0 Å². The predicted molar refractivity (Wildman–Crippen MR) is 54.1 cm³/mol. The van der Waals surface area contributed by atoms with Gasteiger partial charge in [0.15, 0.2) is 0 Å². The summed E-state index contributed by atoms with van der Waals surface area (Å²) in [4.78, 5) is 34.3. The zero-order valence-electron chi connectivity index (χ0n) is 8.21. The molecule has 0 spiro atoms. The van der Waals surface area contributed by atoms with Crippen molar-refractivity contribution in [2.45, 2.75) is 6.04 Å². The number of nitrogens with zero attached hydrogens (tertiary/aromatic N) is 1. The number of rotatable bonds is 1. The number of primary amides is 1. The van der Waals surface area contributed by atoms with Gasteiger partial charge in [0.25, 0.3) is 5.91 Å². The van der Waals surface area contributed by atoms with Crippen LogP contribution in [-0.2, 0) is 4.79 Å². The molecule has 0 aliphatic carbocycles. The van der Waals surface area contributed by atoms with E-state index < -0.39 is 24.0 Å². The molecular weight excluding hydrogens is 210 g/mol. The zero-order chi connectivity index (χ0) is 11.7. The van der Waals surface area contributed by atoms with E-state index in [1.54, 1.807) is 30.3 Å². The molecule has 1 saturated heterocycles. The number of carbonyl (C=O) groups excluding carboxylic acids is 3. The molecule has 0 unspecified atom stereocenters. The second-order valence-corrected chi connectivity index (χ2v) is 3.31. The summed E-state index contributed by atoms with van der Waals surface area (Å²) >= 11 is 0. The van der Waals surface area contributed by atoms with E-state index in [9.17, 15) is 14.4 Å². The second kappa shape index (κ2) is 3.65. The fourth-order valence-corrected chi connectivity index (χ4v) is 1.56. The lowest BCUT2D eigenvalue weighted by Crippen LogP contribution is -2.40. The van der Waals surface area contributed by atoms with Crippen molar-refractivity contribution >= 4 is 18.0 Å². The van der Waals surface area contributed by atoms with Crippen LogP contribution in [0.2, 0.25) is 0 Å². The number of hydrogen-bond donors (Lipinski definition) is 2. The number of nitrogens with one attached hydrogen (secondary N) is 1. The number of urea groups is 2. The fraction of sp³-hybridized carbons (Fsp3) is 0.100. The molecule has 6 nitrogen and oxygen atoms in total. The highest BCUT2D eigenvalue weighted by atomic mass is 16.2. The number of amides is 5. The molecule has 1 aromatic carbocycles. The Morgan fingerprint density at radius 2 is 1.88 bits per heavy atom. The molecule has 1 heterocycles. The Balaban J connectivity index is 2.31. The van der Waals surface area contributed by atoms with Crippen molar-refractivity contribution in [3.63, 3.8) is 0 Å². The van der Waals surface area contributed by atoms with Crippen molar-refractivity contribution in [2.75, 3.05) is 0 Å². The van der Waals surface area contributed by atoms with Gasteiger partial charge in [-0.2, -0.15) is 4.90 Å². The second-order valence-electron chi connectivity index (χ2n) is 3.31. The van der Waals surface area contributed by atoms with Gasteiger partial charge in [0.1, 0.15) is 6.04 Å². The lowest BCUT2D eigenvalue weighted by atomic mass is 10.1. The van der Waals surface area contributed by atoms with Gasteiger partial charge in [-0.05, 0) is 5.56 Å².